The number of likely N-dealkylation sites (tertiary alicyclic amines) is 1. The summed E-state index contributed by atoms with van der Waals surface area (Å²) in [4.78, 5) is 28.6. The van der Waals surface area contributed by atoms with Crippen LogP contribution >= 0.6 is 0 Å². The van der Waals surface area contributed by atoms with E-state index in [-0.39, 0.29) is 24.0 Å². The number of fused-ring (bicyclic) bond motifs is 1. The van der Waals surface area contributed by atoms with Crippen LogP contribution < -0.4 is 14.2 Å². The molecule has 0 aliphatic carbocycles. The number of rotatable bonds is 11. The molecule has 0 saturated carbocycles. The third-order valence-electron chi connectivity index (χ3n) is 7.49. The van der Waals surface area contributed by atoms with Gasteiger partial charge in [-0.25, -0.2) is 0 Å². The van der Waals surface area contributed by atoms with Gasteiger partial charge in [-0.2, -0.15) is 0 Å². The molecule has 0 bridgehead atoms. The first-order valence-electron chi connectivity index (χ1n) is 14.4. The van der Waals surface area contributed by atoms with Crippen molar-refractivity contribution in [3.05, 3.63) is 94.6 Å². The molecule has 1 fully saturated rings. The standard InChI is InChI=1S/C34H37NO6/c1-4-6-10-17-40-28-16-13-24(20-29(28)39-5-2)31-30(32(36)25-14-15-27-26(19-25)18-22(3)41-27)33(37)34(38)35(31)21-23-11-8-7-9-12-23/h7-9,11-16,19-20,22,31,36H,4-6,10,17-18,21H2,1-3H3/t22-,31+/m0/s1. The Morgan fingerprint density at radius 1 is 0.976 bits per heavy atom. The van der Waals surface area contributed by atoms with Gasteiger partial charge in [0.15, 0.2) is 11.5 Å². The summed E-state index contributed by atoms with van der Waals surface area (Å²) in [6.07, 6.45) is 3.85. The third kappa shape index (κ3) is 5.94. The monoisotopic (exact) mass is 555 g/mol. The molecule has 2 atom stereocenters. The van der Waals surface area contributed by atoms with Crippen LogP contribution in [-0.2, 0) is 22.6 Å². The Morgan fingerprint density at radius 3 is 2.54 bits per heavy atom. The third-order valence-corrected chi connectivity index (χ3v) is 7.49. The molecule has 7 nitrogen and oxygen atoms in total. The van der Waals surface area contributed by atoms with Gasteiger partial charge in [-0.05, 0) is 67.3 Å². The van der Waals surface area contributed by atoms with Crippen LogP contribution in [0.25, 0.3) is 5.76 Å². The average molecular weight is 556 g/mol. The molecule has 3 aromatic rings. The SMILES string of the molecule is CCCCCOc1ccc([C@@H]2C(=C(O)c3ccc4c(c3)C[C@H](C)O4)C(=O)C(=O)N2Cc2ccccc2)cc1OCC. The molecule has 7 heteroatoms. The molecule has 3 aromatic carbocycles. The van der Waals surface area contributed by atoms with Crippen LogP contribution in [0.3, 0.4) is 0 Å². The molecule has 0 aromatic heterocycles. The highest BCUT2D eigenvalue weighted by atomic mass is 16.5. The summed E-state index contributed by atoms with van der Waals surface area (Å²) in [7, 11) is 0. The number of carbonyl (C=O) groups excluding carboxylic acids is 2. The van der Waals surface area contributed by atoms with Crippen molar-refractivity contribution >= 4 is 17.4 Å². The molecule has 5 rings (SSSR count). The second-order valence-electron chi connectivity index (χ2n) is 10.6. The van der Waals surface area contributed by atoms with Crippen molar-refractivity contribution in [1.82, 2.24) is 4.90 Å². The maximum absolute atomic E-state index is 13.6. The number of nitrogens with zero attached hydrogens (tertiary/aromatic N) is 1. The molecular weight excluding hydrogens is 518 g/mol. The zero-order valence-corrected chi connectivity index (χ0v) is 23.9. The maximum Gasteiger partial charge on any atom is 0.295 e. The van der Waals surface area contributed by atoms with E-state index in [0.717, 1.165) is 36.1 Å². The highest BCUT2D eigenvalue weighted by Crippen LogP contribution is 2.43. The molecule has 41 heavy (non-hydrogen) atoms. The summed E-state index contributed by atoms with van der Waals surface area (Å²) in [5.74, 6) is 0.341. The Morgan fingerprint density at radius 2 is 1.78 bits per heavy atom. The van der Waals surface area contributed by atoms with Crippen molar-refractivity contribution in [2.45, 2.75) is 65.1 Å². The minimum absolute atomic E-state index is 0.0403. The topological polar surface area (TPSA) is 85.3 Å². The van der Waals surface area contributed by atoms with Gasteiger partial charge in [0.05, 0.1) is 24.8 Å². The van der Waals surface area contributed by atoms with E-state index in [1.807, 2.05) is 68.4 Å². The van der Waals surface area contributed by atoms with Crippen LogP contribution in [-0.4, -0.2) is 41.0 Å². The van der Waals surface area contributed by atoms with Gasteiger partial charge in [0.25, 0.3) is 11.7 Å². The van der Waals surface area contributed by atoms with Gasteiger partial charge < -0.3 is 24.2 Å². The lowest BCUT2D eigenvalue weighted by Gasteiger charge is -2.26. The molecule has 2 aliphatic rings. The normalized spacial score (nSPS) is 19.2. The van der Waals surface area contributed by atoms with Gasteiger partial charge in [-0.15, -0.1) is 0 Å². The van der Waals surface area contributed by atoms with Crippen molar-refractivity contribution in [3.8, 4) is 17.2 Å². The van der Waals surface area contributed by atoms with Crippen LogP contribution in [0.1, 0.15) is 68.3 Å². The van der Waals surface area contributed by atoms with Gasteiger partial charge in [-0.3, -0.25) is 9.59 Å². The Bertz CT molecular complexity index is 1450. The second-order valence-corrected chi connectivity index (χ2v) is 10.6. The predicted molar refractivity (Wildman–Crippen MR) is 157 cm³/mol. The lowest BCUT2D eigenvalue weighted by Crippen LogP contribution is -2.29. The summed E-state index contributed by atoms with van der Waals surface area (Å²) < 4.78 is 17.8. The van der Waals surface area contributed by atoms with E-state index in [2.05, 4.69) is 6.92 Å². The molecule has 1 amide bonds. The van der Waals surface area contributed by atoms with Crippen molar-refractivity contribution in [2.75, 3.05) is 13.2 Å². The quantitative estimate of drug-likeness (QED) is 0.124. The van der Waals surface area contributed by atoms with Crippen LogP contribution in [0.5, 0.6) is 17.2 Å². The van der Waals surface area contributed by atoms with Crippen molar-refractivity contribution in [1.29, 1.82) is 0 Å². The average Bonchev–Trinajstić information content (AvgIpc) is 3.47. The molecule has 0 spiro atoms. The summed E-state index contributed by atoms with van der Waals surface area (Å²) >= 11 is 0. The lowest BCUT2D eigenvalue weighted by atomic mass is 9.94. The fraction of sp³-hybridized carbons (Fsp3) is 0.353. The van der Waals surface area contributed by atoms with E-state index in [0.29, 0.717) is 42.3 Å². The van der Waals surface area contributed by atoms with E-state index >= 15 is 0 Å². The maximum atomic E-state index is 13.6. The molecule has 0 radical (unpaired) electrons. The van der Waals surface area contributed by atoms with Gasteiger partial charge in [0.1, 0.15) is 17.6 Å². The van der Waals surface area contributed by atoms with Crippen LogP contribution in [0.2, 0.25) is 0 Å². The van der Waals surface area contributed by atoms with Crippen molar-refractivity contribution in [2.24, 2.45) is 0 Å². The Balaban J connectivity index is 1.59. The fourth-order valence-electron chi connectivity index (χ4n) is 5.51. The number of amides is 1. The number of carbonyl (C=O) groups is 2. The van der Waals surface area contributed by atoms with Gasteiger partial charge >= 0.3 is 0 Å². The van der Waals surface area contributed by atoms with Gasteiger partial charge in [-0.1, -0.05) is 56.2 Å². The molecule has 1 N–H and O–H groups in total. The van der Waals surface area contributed by atoms with Crippen LogP contribution in [0.4, 0.5) is 0 Å². The smallest absolute Gasteiger partial charge is 0.295 e. The summed E-state index contributed by atoms with van der Waals surface area (Å²) in [5.41, 5.74) is 3.02. The fourth-order valence-corrected chi connectivity index (χ4v) is 5.51. The summed E-state index contributed by atoms with van der Waals surface area (Å²) in [6, 6.07) is 19.6. The van der Waals surface area contributed by atoms with E-state index in [4.69, 9.17) is 14.2 Å². The molecule has 2 aliphatic heterocycles. The number of ketones is 1. The number of ether oxygens (including phenoxy) is 3. The highest BCUT2D eigenvalue weighted by molar-refractivity contribution is 6.46. The Labute approximate surface area is 241 Å². The van der Waals surface area contributed by atoms with E-state index in [1.54, 1.807) is 12.1 Å². The number of unbranched alkanes of at least 4 members (excludes halogenated alkanes) is 2. The Hall–Kier alpha value is -4.26. The van der Waals surface area contributed by atoms with E-state index < -0.39 is 17.7 Å². The number of aliphatic hydroxyl groups excluding tert-OH is 1. The summed E-state index contributed by atoms with van der Waals surface area (Å²) in [5, 5.41) is 11.6. The number of hydrogen-bond donors (Lipinski definition) is 1. The number of aliphatic hydroxyl groups is 1. The first-order chi connectivity index (χ1) is 19.9. The van der Waals surface area contributed by atoms with Gasteiger partial charge in [0, 0.05) is 18.5 Å². The molecule has 0 unspecified atom stereocenters. The van der Waals surface area contributed by atoms with Crippen molar-refractivity contribution < 1.29 is 28.9 Å². The minimum atomic E-state index is -0.813. The lowest BCUT2D eigenvalue weighted by molar-refractivity contribution is -0.140. The zero-order chi connectivity index (χ0) is 28.9. The number of hydrogen-bond acceptors (Lipinski definition) is 6. The predicted octanol–water partition coefficient (Wildman–Crippen LogP) is 6.60. The first kappa shape index (κ1) is 28.3. The Kier molecular flexibility index (Phi) is 8.62. The zero-order valence-electron chi connectivity index (χ0n) is 23.9. The van der Waals surface area contributed by atoms with Crippen LogP contribution in [0.15, 0.2) is 72.3 Å². The summed E-state index contributed by atoms with van der Waals surface area (Å²) in [6.45, 7) is 7.23. The highest BCUT2D eigenvalue weighted by Gasteiger charge is 2.46. The van der Waals surface area contributed by atoms with Crippen LogP contribution in [0, 0.1) is 0 Å². The molecular formula is C34H37NO6. The van der Waals surface area contributed by atoms with Crippen molar-refractivity contribution in [3.63, 3.8) is 0 Å². The molecule has 214 valence electrons. The van der Waals surface area contributed by atoms with E-state index in [1.165, 1.54) is 4.90 Å². The number of benzene rings is 3. The molecule has 2 heterocycles. The van der Waals surface area contributed by atoms with Gasteiger partial charge in [0.2, 0.25) is 0 Å². The molecule has 1 saturated heterocycles. The number of Topliss-reactive ketones (excluding diaryl/α,β-unsaturated/α-hetero) is 1. The first-order valence-corrected chi connectivity index (χ1v) is 14.4. The minimum Gasteiger partial charge on any atom is -0.507 e. The van der Waals surface area contributed by atoms with E-state index in [9.17, 15) is 14.7 Å². The largest absolute Gasteiger partial charge is 0.507 e. The second kappa shape index (κ2) is 12.5.